The molecule has 5 heteroatoms. The zero-order chi connectivity index (χ0) is 8.91. The van der Waals surface area contributed by atoms with Gasteiger partial charge in [-0.15, -0.1) is 3.89 Å². The molecule has 0 radical (unpaired) electrons. The van der Waals surface area contributed by atoms with Crippen molar-refractivity contribution < 1.29 is 12.3 Å². The van der Waals surface area contributed by atoms with Crippen molar-refractivity contribution in [2.45, 2.75) is 13.8 Å². The quantitative estimate of drug-likeness (QED) is 0.609. The van der Waals surface area contributed by atoms with E-state index in [2.05, 4.69) is 0 Å². The minimum atomic E-state index is -4.46. The van der Waals surface area contributed by atoms with Gasteiger partial charge < -0.3 is 4.90 Å². The minimum Gasteiger partial charge on any atom is -0.377 e. The number of halogens is 1. The summed E-state index contributed by atoms with van der Waals surface area (Å²) in [4.78, 5) is 1.68. The van der Waals surface area contributed by atoms with Gasteiger partial charge in [-0.3, -0.25) is 0 Å². The molecule has 0 aliphatic carbocycles. The molecule has 66 valence electrons. The van der Waals surface area contributed by atoms with E-state index in [0.29, 0.717) is 18.5 Å². The van der Waals surface area contributed by atoms with Crippen LogP contribution in [0.3, 0.4) is 0 Å². The van der Waals surface area contributed by atoms with Crippen LogP contribution >= 0.6 is 0 Å². The second-order valence-electron chi connectivity index (χ2n) is 1.98. The lowest BCUT2D eigenvalue weighted by molar-refractivity contribution is 0.419. The van der Waals surface area contributed by atoms with E-state index < -0.39 is 10.2 Å². The van der Waals surface area contributed by atoms with Crippen LogP contribution in [0.4, 0.5) is 3.89 Å². The molecule has 0 heterocycles. The highest BCUT2D eigenvalue weighted by Crippen LogP contribution is 1.95. The van der Waals surface area contributed by atoms with E-state index in [9.17, 15) is 12.3 Å². The first-order valence-corrected chi connectivity index (χ1v) is 4.81. The van der Waals surface area contributed by atoms with Gasteiger partial charge in [0, 0.05) is 19.3 Å². The third kappa shape index (κ3) is 5.84. The van der Waals surface area contributed by atoms with Crippen LogP contribution < -0.4 is 0 Å². The average Bonchev–Trinajstić information content (AvgIpc) is 1.88. The Bertz CT molecular complexity index is 219. The predicted octanol–water partition coefficient (Wildman–Crippen LogP) is 1.10. The highest BCUT2D eigenvalue weighted by Gasteiger charge is 1.99. The zero-order valence-electron chi connectivity index (χ0n) is 6.62. The van der Waals surface area contributed by atoms with Gasteiger partial charge in [0.1, 0.15) is 0 Å². The highest BCUT2D eigenvalue weighted by molar-refractivity contribution is 7.89. The van der Waals surface area contributed by atoms with Gasteiger partial charge in [0.05, 0.1) is 5.41 Å². The van der Waals surface area contributed by atoms with E-state index >= 15 is 0 Å². The second kappa shape index (κ2) is 4.33. The molecule has 0 fully saturated rings. The monoisotopic (exact) mass is 181 g/mol. The highest BCUT2D eigenvalue weighted by atomic mass is 32.3. The molecule has 0 aliphatic rings. The smallest absolute Gasteiger partial charge is 0.326 e. The van der Waals surface area contributed by atoms with E-state index in [0.717, 1.165) is 0 Å². The summed E-state index contributed by atoms with van der Waals surface area (Å²) >= 11 is 0. The number of nitrogens with zero attached hydrogens (tertiary/aromatic N) is 1. The van der Waals surface area contributed by atoms with Crippen LogP contribution in [0.15, 0.2) is 11.6 Å². The lowest BCUT2D eigenvalue weighted by Gasteiger charge is -2.13. The van der Waals surface area contributed by atoms with Crippen LogP contribution in [0.1, 0.15) is 13.8 Å². The van der Waals surface area contributed by atoms with E-state index in [-0.39, 0.29) is 0 Å². The van der Waals surface area contributed by atoms with Gasteiger partial charge in [0.2, 0.25) is 0 Å². The van der Waals surface area contributed by atoms with Gasteiger partial charge >= 0.3 is 10.2 Å². The maximum absolute atomic E-state index is 11.9. The molecule has 0 N–H and O–H groups in total. The average molecular weight is 181 g/mol. The Morgan fingerprint density at radius 3 is 2.09 bits per heavy atom. The summed E-state index contributed by atoms with van der Waals surface area (Å²) in [7, 11) is -4.46. The fourth-order valence-corrected chi connectivity index (χ4v) is 0.911. The van der Waals surface area contributed by atoms with Crippen molar-refractivity contribution in [1.82, 2.24) is 4.90 Å². The molecule has 0 bridgehead atoms. The Labute approximate surface area is 66.7 Å². The molecule has 3 nitrogen and oxygen atoms in total. The molecule has 11 heavy (non-hydrogen) atoms. The Balaban J connectivity index is 4.11. The van der Waals surface area contributed by atoms with Crippen LogP contribution in [0.25, 0.3) is 0 Å². The summed E-state index contributed by atoms with van der Waals surface area (Å²) < 4.78 is 31.9. The molecule has 0 aromatic rings. The molecule has 0 amide bonds. The van der Waals surface area contributed by atoms with E-state index in [1.54, 1.807) is 4.90 Å². The number of rotatable bonds is 4. The van der Waals surface area contributed by atoms with Crippen molar-refractivity contribution in [3.8, 4) is 0 Å². The van der Waals surface area contributed by atoms with Crippen molar-refractivity contribution in [2.24, 2.45) is 0 Å². The summed E-state index contributed by atoms with van der Waals surface area (Å²) in [6.07, 6.45) is 1.23. The summed E-state index contributed by atoms with van der Waals surface area (Å²) in [6.45, 7) is 5.06. The van der Waals surface area contributed by atoms with E-state index in [1.807, 2.05) is 13.8 Å². The minimum absolute atomic E-state index is 0.556. The lowest BCUT2D eigenvalue weighted by atomic mass is 10.5. The maximum atomic E-state index is 11.9. The number of hydrogen-bond acceptors (Lipinski definition) is 3. The second-order valence-corrected chi connectivity index (χ2v) is 3.21. The molecule has 0 aromatic heterocycles. The Kier molecular flexibility index (Phi) is 4.10. The van der Waals surface area contributed by atoms with Crippen LogP contribution in [0.5, 0.6) is 0 Å². The van der Waals surface area contributed by atoms with E-state index in [1.165, 1.54) is 6.20 Å². The Morgan fingerprint density at radius 2 is 1.82 bits per heavy atom. The Morgan fingerprint density at radius 1 is 1.36 bits per heavy atom. The van der Waals surface area contributed by atoms with Gasteiger partial charge in [0.25, 0.3) is 0 Å². The molecule has 0 aromatic carbocycles. The molecule has 0 aliphatic heterocycles. The molecular formula is C6H12FNO2S. The fraction of sp³-hybridized carbons (Fsp3) is 0.667. The van der Waals surface area contributed by atoms with Crippen molar-refractivity contribution in [3.63, 3.8) is 0 Å². The molecule has 0 atom stereocenters. The normalized spacial score (nSPS) is 12.3. The number of hydrogen-bond donors (Lipinski definition) is 0. The van der Waals surface area contributed by atoms with Crippen LogP contribution in [-0.2, 0) is 10.2 Å². The largest absolute Gasteiger partial charge is 0.377 e. The van der Waals surface area contributed by atoms with Crippen LogP contribution in [0.2, 0.25) is 0 Å². The maximum Gasteiger partial charge on any atom is 0.326 e. The molecule has 0 saturated carbocycles. The first-order valence-electron chi connectivity index (χ1n) is 3.36. The van der Waals surface area contributed by atoms with Crippen molar-refractivity contribution >= 4 is 10.2 Å². The van der Waals surface area contributed by atoms with Gasteiger partial charge in [-0.25, -0.2) is 0 Å². The third-order valence-electron chi connectivity index (χ3n) is 1.25. The van der Waals surface area contributed by atoms with Crippen molar-refractivity contribution in [3.05, 3.63) is 11.6 Å². The molecule has 0 unspecified atom stereocenters. The first-order chi connectivity index (χ1) is 4.99. The van der Waals surface area contributed by atoms with Gasteiger partial charge in [0.15, 0.2) is 0 Å². The summed E-state index contributed by atoms with van der Waals surface area (Å²) in [5, 5.41) is 0.556. The predicted molar refractivity (Wildman–Crippen MR) is 42.1 cm³/mol. The lowest BCUT2D eigenvalue weighted by Crippen LogP contribution is -2.15. The van der Waals surface area contributed by atoms with Gasteiger partial charge in [-0.1, -0.05) is 0 Å². The van der Waals surface area contributed by atoms with E-state index in [4.69, 9.17) is 0 Å². The molecule has 0 rings (SSSR count). The topological polar surface area (TPSA) is 37.4 Å². The first kappa shape index (κ1) is 10.4. The Hall–Kier alpha value is -0.580. The molecular weight excluding hydrogens is 169 g/mol. The zero-order valence-corrected chi connectivity index (χ0v) is 7.44. The van der Waals surface area contributed by atoms with Gasteiger partial charge in [-0.05, 0) is 13.8 Å². The summed E-state index contributed by atoms with van der Waals surface area (Å²) in [5.41, 5.74) is 0. The fourth-order valence-electron chi connectivity index (χ4n) is 0.593. The molecule has 0 saturated heterocycles. The summed E-state index contributed by atoms with van der Waals surface area (Å²) in [5.74, 6) is 0. The molecule has 0 spiro atoms. The van der Waals surface area contributed by atoms with Crippen LogP contribution in [0, 0.1) is 0 Å². The van der Waals surface area contributed by atoms with Crippen LogP contribution in [-0.4, -0.2) is 26.4 Å². The SMILES string of the molecule is CCN(/C=C/S(=O)(=O)F)CC. The van der Waals surface area contributed by atoms with Crippen molar-refractivity contribution in [2.75, 3.05) is 13.1 Å². The van der Waals surface area contributed by atoms with Gasteiger partial charge in [-0.2, -0.15) is 8.42 Å². The standard InChI is InChI=1S/C6H12FNO2S/c1-3-8(4-2)5-6-11(7,9)10/h5-6H,3-4H2,1-2H3/b6-5+. The van der Waals surface area contributed by atoms with Crippen molar-refractivity contribution in [1.29, 1.82) is 0 Å². The summed E-state index contributed by atoms with van der Waals surface area (Å²) in [6, 6.07) is 0. The third-order valence-corrected chi connectivity index (χ3v) is 1.69.